The number of carbonyl (C=O) groups is 1. The average molecular weight is 434 g/mol. The van der Waals surface area contributed by atoms with Crippen molar-refractivity contribution in [2.24, 2.45) is 11.7 Å². The lowest BCUT2D eigenvalue weighted by atomic mass is 10.00. The van der Waals surface area contributed by atoms with Gasteiger partial charge < -0.3 is 20.5 Å². The highest BCUT2D eigenvalue weighted by Gasteiger charge is 2.30. The van der Waals surface area contributed by atoms with Gasteiger partial charge in [-0.05, 0) is 37.0 Å². The predicted octanol–water partition coefficient (Wildman–Crippen LogP) is 1.59. The average Bonchev–Trinajstić information content (AvgIpc) is 3.07. The third kappa shape index (κ3) is 5.15. The zero-order chi connectivity index (χ0) is 19.4. The van der Waals surface area contributed by atoms with Crippen LogP contribution in [-0.4, -0.2) is 58.1 Å². The number of methoxy groups -OCH3 is 1. The molecule has 1 saturated carbocycles. The molecule has 1 aromatic carbocycles. The molecule has 10 heteroatoms. The minimum atomic E-state index is -3.74. The summed E-state index contributed by atoms with van der Waals surface area (Å²) in [5.41, 5.74) is 6.46. The van der Waals surface area contributed by atoms with Gasteiger partial charge in [0.15, 0.2) is 0 Å². The fourth-order valence-electron chi connectivity index (χ4n) is 3.65. The number of nitrogens with two attached hydrogens (primary N) is 1. The van der Waals surface area contributed by atoms with Crippen LogP contribution in [0.3, 0.4) is 0 Å². The predicted molar refractivity (Wildman–Crippen MR) is 108 cm³/mol. The van der Waals surface area contributed by atoms with Gasteiger partial charge in [-0.1, -0.05) is 6.42 Å². The van der Waals surface area contributed by atoms with E-state index in [2.05, 4.69) is 5.32 Å². The van der Waals surface area contributed by atoms with E-state index < -0.39 is 10.0 Å². The molecule has 8 nitrogen and oxygen atoms in total. The number of rotatable bonds is 6. The molecule has 3 rings (SSSR count). The molecular formula is C18H28ClN3O5S. The van der Waals surface area contributed by atoms with Crippen molar-refractivity contribution < 1.29 is 22.7 Å². The Kier molecular flexibility index (Phi) is 8.08. The molecule has 2 aliphatic rings. The van der Waals surface area contributed by atoms with Crippen LogP contribution in [0, 0.1) is 5.92 Å². The molecule has 0 spiro atoms. The first-order valence-electron chi connectivity index (χ1n) is 9.23. The van der Waals surface area contributed by atoms with E-state index in [-0.39, 0.29) is 40.9 Å². The van der Waals surface area contributed by atoms with Crippen molar-refractivity contribution in [1.29, 1.82) is 0 Å². The number of sulfonamides is 1. The summed E-state index contributed by atoms with van der Waals surface area (Å²) in [6.07, 6.45) is 3.29. The van der Waals surface area contributed by atoms with E-state index in [9.17, 15) is 13.2 Å². The van der Waals surface area contributed by atoms with Crippen molar-refractivity contribution in [3.8, 4) is 5.75 Å². The van der Waals surface area contributed by atoms with E-state index in [0.717, 1.165) is 19.3 Å². The number of halogens is 1. The molecule has 1 heterocycles. The summed E-state index contributed by atoms with van der Waals surface area (Å²) in [7, 11) is -2.31. The minimum Gasteiger partial charge on any atom is -0.495 e. The van der Waals surface area contributed by atoms with Crippen LogP contribution < -0.4 is 15.8 Å². The number of amides is 1. The van der Waals surface area contributed by atoms with Crippen molar-refractivity contribution in [3.63, 3.8) is 0 Å². The number of benzene rings is 1. The third-order valence-corrected chi connectivity index (χ3v) is 7.12. The van der Waals surface area contributed by atoms with Gasteiger partial charge >= 0.3 is 0 Å². The minimum absolute atomic E-state index is 0. The number of nitrogens with one attached hydrogen (secondary N) is 1. The highest BCUT2D eigenvalue weighted by Crippen LogP contribution is 2.31. The number of anilines is 1. The van der Waals surface area contributed by atoms with Crippen LogP contribution in [0.25, 0.3) is 0 Å². The fraction of sp³-hybridized carbons (Fsp3) is 0.611. The van der Waals surface area contributed by atoms with Crippen LogP contribution >= 0.6 is 12.4 Å². The molecule has 1 aliphatic heterocycles. The van der Waals surface area contributed by atoms with Crippen LogP contribution in [0.1, 0.15) is 25.7 Å². The summed E-state index contributed by atoms with van der Waals surface area (Å²) in [4.78, 5) is 12.4. The van der Waals surface area contributed by atoms with Gasteiger partial charge in [0, 0.05) is 31.2 Å². The summed E-state index contributed by atoms with van der Waals surface area (Å²) >= 11 is 0. The quantitative estimate of drug-likeness (QED) is 0.704. The lowest BCUT2D eigenvalue weighted by Gasteiger charge is -2.27. The van der Waals surface area contributed by atoms with Gasteiger partial charge in [-0.3, -0.25) is 4.79 Å². The van der Waals surface area contributed by atoms with E-state index in [4.69, 9.17) is 15.2 Å². The van der Waals surface area contributed by atoms with Gasteiger partial charge in [-0.2, -0.15) is 4.31 Å². The zero-order valence-corrected chi connectivity index (χ0v) is 17.6. The normalized spacial score (nSPS) is 23.1. The zero-order valence-electron chi connectivity index (χ0n) is 15.9. The highest BCUT2D eigenvalue weighted by atomic mass is 35.5. The summed E-state index contributed by atoms with van der Waals surface area (Å²) in [5, 5.41) is 2.80. The maximum Gasteiger partial charge on any atom is 0.246 e. The van der Waals surface area contributed by atoms with Gasteiger partial charge in [-0.15, -0.1) is 12.4 Å². The summed E-state index contributed by atoms with van der Waals surface area (Å²) in [5.74, 6) is 0.273. The molecule has 28 heavy (non-hydrogen) atoms. The molecule has 158 valence electrons. The molecule has 2 fully saturated rings. The number of carbonyl (C=O) groups excluding carboxylic acids is 1. The Bertz CT molecular complexity index is 783. The number of nitrogens with zero attached hydrogens (tertiary/aromatic N) is 1. The van der Waals surface area contributed by atoms with Gasteiger partial charge in [0.05, 0.1) is 20.3 Å². The third-order valence-electron chi connectivity index (χ3n) is 5.20. The maximum absolute atomic E-state index is 13.0. The first kappa shape index (κ1) is 22.9. The lowest BCUT2D eigenvalue weighted by molar-refractivity contribution is -0.117. The van der Waals surface area contributed by atoms with Gasteiger partial charge in [0.25, 0.3) is 0 Å². The van der Waals surface area contributed by atoms with Gasteiger partial charge in [0.1, 0.15) is 10.6 Å². The monoisotopic (exact) mass is 433 g/mol. The Hall–Kier alpha value is -1.39. The molecule has 2 atom stereocenters. The second-order valence-electron chi connectivity index (χ2n) is 6.99. The smallest absolute Gasteiger partial charge is 0.246 e. The molecule has 0 bridgehead atoms. The molecule has 1 amide bonds. The molecule has 3 N–H and O–H groups in total. The SMILES string of the molecule is COc1ccc(NC(=O)C[C@@H]2CCC[C@H]2N)cc1S(=O)(=O)N1CCOCC1.Cl. The Morgan fingerprint density at radius 2 is 2.04 bits per heavy atom. The lowest BCUT2D eigenvalue weighted by Crippen LogP contribution is -2.40. The second kappa shape index (κ2) is 9.89. The van der Waals surface area contributed by atoms with Crippen LogP contribution in [0.4, 0.5) is 5.69 Å². The van der Waals surface area contributed by atoms with E-state index in [1.807, 2.05) is 0 Å². The molecule has 0 radical (unpaired) electrons. The van der Waals surface area contributed by atoms with Crippen molar-refractivity contribution in [1.82, 2.24) is 4.31 Å². The van der Waals surface area contributed by atoms with Crippen molar-refractivity contribution in [3.05, 3.63) is 18.2 Å². The summed E-state index contributed by atoms with van der Waals surface area (Å²) < 4.78 is 37.8. The number of morpholine rings is 1. The van der Waals surface area contributed by atoms with Gasteiger partial charge in [0.2, 0.25) is 15.9 Å². The Balaban J connectivity index is 0.00000280. The summed E-state index contributed by atoms with van der Waals surface area (Å²) in [6, 6.07) is 4.72. The first-order valence-corrected chi connectivity index (χ1v) is 10.7. The largest absolute Gasteiger partial charge is 0.495 e. The Morgan fingerprint density at radius 1 is 1.32 bits per heavy atom. The van der Waals surface area contributed by atoms with Gasteiger partial charge in [-0.25, -0.2) is 8.42 Å². The summed E-state index contributed by atoms with van der Waals surface area (Å²) in [6.45, 7) is 1.31. The number of hydrogen-bond donors (Lipinski definition) is 2. The van der Waals surface area contributed by atoms with Crippen LogP contribution in [0.2, 0.25) is 0 Å². The topological polar surface area (TPSA) is 111 Å². The molecule has 1 saturated heterocycles. The molecular weight excluding hydrogens is 406 g/mol. The van der Waals surface area contributed by atoms with E-state index in [1.54, 1.807) is 12.1 Å². The molecule has 1 aromatic rings. The number of ether oxygens (including phenoxy) is 2. The molecule has 0 unspecified atom stereocenters. The first-order chi connectivity index (χ1) is 12.9. The second-order valence-corrected chi connectivity index (χ2v) is 8.90. The van der Waals surface area contributed by atoms with Crippen molar-refractivity contribution in [2.45, 2.75) is 36.6 Å². The Morgan fingerprint density at radius 3 is 2.64 bits per heavy atom. The van der Waals surface area contributed by atoms with E-state index in [1.165, 1.54) is 17.5 Å². The fourth-order valence-corrected chi connectivity index (χ4v) is 5.24. The van der Waals surface area contributed by atoms with Crippen molar-refractivity contribution in [2.75, 3.05) is 38.7 Å². The highest BCUT2D eigenvalue weighted by molar-refractivity contribution is 7.89. The van der Waals surface area contributed by atoms with E-state index in [0.29, 0.717) is 38.4 Å². The molecule has 1 aliphatic carbocycles. The van der Waals surface area contributed by atoms with E-state index >= 15 is 0 Å². The number of hydrogen-bond acceptors (Lipinski definition) is 6. The van der Waals surface area contributed by atoms with Crippen LogP contribution in [-0.2, 0) is 19.6 Å². The van der Waals surface area contributed by atoms with Crippen LogP contribution in [0.5, 0.6) is 5.75 Å². The van der Waals surface area contributed by atoms with Crippen LogP contribution in [0.15, 0.2) is 23.1 Å². The van der Waals surface area contributed by atoms with Crippen molar-refractivity contribution >= 4 is 34.0 Å². The standard InChI is InChI=1S/C18H27N3O5S.ClH/c1-25-16-6-5-14(20-18(22)11-13-3-2-4-15(13)19)12-17(16)27(23,24)21-7-9-26-10-8-21;/h5-6,12-13,15H,2-4,7-11,19H2,1H3,(H,20,22);1H/t13-,15+;/m0./s1. The maximum atomic E-state index is 13.0. The molecule has 0 aromatic heterocycles. The Labute approximate surface area is 172 Å².